The number of unbranched alkanes of at least 4 members (excludes halogenated alkanes) is 2. The summed E-state index contributed by atoms with van der Waals surface area (Å²) in [7, 11) is 0. The fraction of sp³-hybridized carbons (Fsp3) is 0.929. The van der Waals surface area contributed by atoms with E-state index in [9.17, 15) is 9.90 Å². The van der Waals surface area contributed by atoms with Crippen molar-refractivity contribution in [3.8, 4) is 0 Å². The molecule has 1 saturated heterocycles. The Kier molecular flexibility index (Phi) is 7.34. The van der Waals surface area contributed by atoms with Gasteiger partial charge in [-0.1, -0.05) is 19.8 Å². The first-order valence-electron chi connectivity index (χ1n) is 7.37. The molecule has 1 fully saturated rings. The Labute approximate surface area is 116 Å². The highest BCUT2D eigenvalue weighted by molar-refractivity contribution is 5.81. The van der Waals surface area contributed by atoms with Gasteiger partial charge in [0.2, 0.25) is 5.91 Å². The molecule has 0 aromatic heterocycles. The van der Waals surface area contributed by atoms with Gasteiger partial charge in [-0.05, 0) is 26.2 Å². The van der Waals surface area contributed by atoms with E-state index in [1.165, 1.54) is 0 Å². The molecule has 19 heavy (non-hydrogen) atoms. The fourth-order valence-corrected chi connectivity index (χ4v) is 2.37. The highest BCUT2D eigenvalue weighted by Crippen LogP contribution is 2.20. The number of carbonyl (C=O) groups excluding carboxylic acids is 1. The summed E-state index contributed by atoms with van der Waals surface area (Å²) in [6.45, 7) is 6.04. The van der Waals surface area contributed by atoms with Crippen LogP contribution in [-0.4, -0.2) is 49.0 Å². The molecular weight excluding hydrogens is 244 g/mol. The van der Waals surface area contributed by atoms with Gasteiger partial charge in [-0.15, -0.1) is 0 Å². The molecule has 5 heteroatoms. The summed E-state index contributed by atoms with van der Waals surface area (Å²) in [4.78, 5) is 12.0. The van der Waals surface area contributed by atoms with Crippen LogP contribution in [0.4, 0.5) is 0 Å². The van der Waals surface area contributed by atoms with E-state index in [1.807, 2.05) is 6.92 Å². The molecule has 0 aliphatic carbocycles. The number of amides is 1. The van der Waals surface area contributed by atoms with Crippen LogP contribution in [0.3, 0.4) is 0 Å². The topological polar surface area (TPSA) is 70.6 Å². The Morgan fingerprint density at radius 3 is 2.63 bits per heavy atom. The van der Waals surface area contributed by atoms with Crippen LogP contribution in [0.2, 0.25) is 0 Å². The number of nitrogens with one attached hydrogen (secondary N) is 2. The van der Waals surface area contributed by atoms with Crippen LogP contribution >= 0.6 is 0 Å². The Hall–Kier alpha value is -0.650. The van der Waals surface area contributed by atoms with Gasteiger partial charge in [0.25, 0.3) is 0 Å². The molecule has 0 aromatic carbocycles. The maximum Gasteiger partial charge on any atom is 0.236 e. The minimum Gasteiger partial charge on any atom is -0.394 e. The van der Waals surface area contributed by atoms with E-state index in [0.29, 0.717) is 13.2 Å². The van der Waals surface area contributed by atoms with Crippen LogP contribution in [0.1, 0.15) is 46.0 Å². The molecule has 0 bridgehead atoms. The summed E-state index contributed by atoms with van der Waals surface area (Å²) in [6.07, 6.45) is 4.80. The predicted octanol–water partition coefficient (Wildman–Crippen LogP) is 0.812. The van der Waals surface area contributed by atoms with E-state index in [2.05, 4.69) is 17.6 Å². The van der Waals surface area contributed by atoms with E-state index in [-0.39, 0.29) is 24.1 Å². The summed E-state index contributed by atoms with van der Waals surface area (Å²) < 4.78 is 5.31. The van der Waals surface area contributed by atoms with Crippen molar-refractivity contribution in [2.45, 2.75) is 57.5 Å². The lowest BCUT2D eigenvalue weighted by molar-refractivity contribution is -0.124. The monoisotopic (exact) mass is 272 g/mol. The van der Waals surface area contributed by atoms with Crippen LogP contribution < -0.4 is 10.6 Å². The second-order valence-corrected chi connectivity index (χ2v) is 5.41. The smallest absolute Gasteiger partial charge is 0.236 e. The van der Waals surface area contributed by atoms with Gasteiger partial charge in [0.1, 0.15) is 0 Å². The van der Waals surface area contributed by atoms with Gasteiger partial charge in [-0.3, -0.25) is 10.1 Å². The maximum atomic E-state index is 12.0. The first kappa shape index (κ1) is 16.4. The molecule has 3 N–H and O–H groups in total. The van der Waals surface area contributed by atoms with Crippen LogP contribution in [0.5, 0.6) is 0 Å². The minimum atomic E-state index is -0.363. The van der Waals surface area contributed by atoms with E-state index >= 15 is 0 Å². The van der Waals surface area contributed by atoms with Crippen molar-refractivity contribution >= 4 is 5.91 Å². The normalized spacial score (nSPS) is 19.9. The van der Waals surface area contributed by atoms with E-state index in [1.54, 1.807) is 0 Å². The third-order valence-electron chi connectivity index (χ3n) is 3.75. The zero-order valence-corrected chi connectivity index (χ0v) is 12.2. The molecule has 0 spiro atoms. The third kappa shape index (κ3) is 5.47. The highest BCUT2D eigenvalue weighted by atomic mass is 16.5. The lowest BCUT2D eigenvalue weighted by Crippen LogP contribution is -2.58. The van der Waals surface area contributed by atoms with E-state index < -0.39 is 0 Å². The molecule has 0 aromatic rings. The molecule has 0 radical (unpaired) electrons. The molecule has 1 amide bonds. The Bertz CT molecular complexity index is 265. The molecule has 0 saturated carbocycles. The van der Waals surface area contributed by atoms with Crippen molar-refractivity contribution in [1.29, 1.82) is 0 Å². The van der Waals surface area contributed by atoms with Crippen molar-refractivity contribution in [2.75, 3.05) is 26.4 Å². The molecule has 1 heterocycles. The van der Waals surface area contributed by atoms with Crippen molar-refractivity contribution in [2.24, 2.45) is 0 Å². The maximum absolute atomic E-state index is 12.0. The summed E-state index contributed by atoms with van der Waals surface area (Å²) in [5.74, 6) is 0.00965. The van der Waals surface area contributed by atoms with Crippen LogP contribution in [0.25, 0.3) is 0 Å². The first-order valence-corrected chi connectivity index (χ1v) is 7.37. The van der Waals surface area contributed by atoms with Gasteiger partial charge < -0.3 is 15.2 Å². The van der Waals surface area contributed by atoms with Crippen molar-refractivity contribution in [1.82, 2.24) is 10.6 Å². The molecule has 1 atom stereocenters. The van der Waals surface area contributed by atoms with Gasteiger partial charge >= 0.3 is 0 Å². The number of hydrogen-bond acceptors (Lipinski definition) is 4. The number of carbonyl (C=O) groups is 1. The predicted molar refractivity (Wildman–Crippen MR) is 75.0 cm³/mol. The number of hydrogen-bond donors (Lipinski definition) is 3. The zero-order valence-electron chi connectivity index (χ0n) is 12.2. The highest BCUT2D eigenvalue weighted by Gasteiger charge is 2.34. The minimum absolute atomic E-state index is 0.00965. The molecule has 1 aliphatic heterocycles. The van der Waals surface area contributed by atoms with Crippen LogP contribution in [-0.2, 0) is 9.53 Å². The van der Waals surface area contributed by atoms with E-state index in [4.69, 9.17) is 4.74 Å². The van der Waals surface area contributed by atoms with Gasteiger partial charge in [0, 0.05) is 25.3 Å². The molecule has 1 unspecified atom stereocenters. The molecule has 112 valence electrons. The quantitative estimate of drug-likeness (QED) is 0.572. The van der Waals surface area contributed by atoms with Crippen molar-refractivity contribution in [3.63, 3.8) is 0 Å². The fourth-order valence-electron chi connectivity index (χ4n) is 2.37. The summed E-state index contributed by atoms with van der Waals surface area (Å²) in [5, 5.41) is 15.8. The number of aliphatic hydroxyl groups excluding tert-OH is 1. The van der Waals surface area contributed by atoms with Crippen LogP contribution in [0.15, 0.2) is 0 Å². The SMILES string of the molecule is CCCCCNC(=O)C(C)NC1(CO)CCOCC1. The Morgan fingerprint density at radius 2 is 2.05 bits per heavy atom. The van der Waals surface area contributed by atoms with Gasteiger partial charge in [0.05, 0.1) is 12.6 Å². The average Bonchev–Trinajstić information content (AvgIpc) is 2.44. The van der Waals surface area contributed by atoms with Gasteiger partial charge in [-0.2, -0.15) is 0 Å². The summed E-state index contributed by atoms with van der Waals surface area (Å²) in [6, 6.07) is -0.285. The van der Waals surface area contributed by atoms with Gasteiger partial charge in [0.15, 0.2) is 0 Å². The molecule has 1 rings (SSSR count). The molecule has 1 aliphatic rings. The number of rotatable bonds is 8. The third-order valence-corrected chi connectivity index (χ3v) is 3.75. The zero-order chi connectivity index (χ0) is 14.1. The van der Waals surface area contributed by atoms with Gasteiger partial charge in [-0.25, -0.2) is 0 Å². The lowest BCUT2D eigenvalue weighted by Gasteiger charge is -2.38. The average molecular weight is 272 g/mol. The standard InChI is InChI=1S/C14H28N2O3/c1-3-4-5-8-15-13(18)12(2)16-14(11-17)6-9-19-10-7-14/h12,16-17H,3-11H2,1-2H3,(H,15,18). The lowest BCUT2D eigenvalue weighted by atomic mass is 9.90. The van der Waals surface area contributed by atoms with E-state index in [0.717, 1.165) is 38.6 Å². The van der Waals surface area contributed by atoms with Crippen molar-refractivity contribution in [3.05, 3.63) is 0 Å². The number of ether oxygens (including phenoxy) is 1. The first-order chi connectivity index (χ1) is 9.13. The second kappa shape index (κ2) is 8.51. The summed E-state index contributed by atoms with van der Waals surface area (Å²) >= 11 is 0. The Balaban J connectivity index is 2.34. The second-order valence-electron chi connectivity index (χ2n) is 5.41. The summed E-state index contributed by atoms with van der Waals surface area (Å²) in [5.41, 5.74) is -0.363. The van der Waals surface area contributed by atoms with Crippen LogP contribution in [0, 0.1) is 0 Å². The van der Waals surface area contributed by atoms with Crippen molar-refractivity contribution < 1.29 is 14.6 Å². The largest absolute Gasteiger partial charge is 0.394 e. The molecule has 5 nitrogen and oxygen atoms in total. The molecular formula is C14H28N2O3. The number of aliphatic hydroxyl groups is 1. The Morgan fingerprint density at radius 1 is 1.37 bits per heavy atom.